The Bertz CT molecular complexity index is 393. The van der Waals surface area contributed by atoms with Crippen molar-refractivity contribution in [2.75, 3.05) is 0 Å². The zero-order valence-corrected chi connectivity index (χ0v) is 11.2. The Morgan fingerprint density at radius 1 is 1.50 bits per heavy atom. The number of rotatable bonds is 4. The van der Waals surface area contributed by atoms with Gasteiger partial charge in [-0.25, -0.2) is 4.98 Å². The van der Waals surface area contributed by atoms with Crippen molar-refractivity contribution in [2.24, 2.45) is 11.7 Å². The second-order valence-corrected chi connectivity index (χ2v) is 5.70. The fraction of sp³-hybridized carbons (Fsp3) is 0.455. The first-order chi connectivity index (χ1) is 7.43. The molecule has 5 heteroatoms. The summed E-state index contributed by atoms with van der Waals surface area (Å²) in [6.45, 7) is 6.44. The Hall–Kier alpha value is -0.740. The largest absolute Gasteiger partial charge is 0.384 e. The van der Waals surface area contributed by atoms with Gasteiger partial charge in [-0.3, -0.25) is 5.41 Å². The fourth-order valence-corrected chi connectivity index (χ4v) is 2.33. The first kappa shape index (κ1) is 13.3. The molecule has 3 nitrogen and oxygen atoms in total. The van der Waals surface area contributed by atoms with Gasteiger partial charge in [0.1, 0.15) is 10.9 Å². The Morgan fingerprint density at radius 3 is 2.62 bits per heavy atom. The number of thioether (sulfide) groups is 1. The molecule has 0 fully saturated rings. The zero-order chi connectivity index (χ0) is 12.3. The number of aromatic nitrogens is 1. The van der Waals surface area contributed by atoms with Crippen LogP contribution in [0.3, 0.4) is 0 Å². The van der Waals surface area contributed by atoms with Crippen LogP contribution in [0.1, 0.15) is 26.3 Å². The van der Waals surface area contributed by atoms with Crippen molar-refractivity contribution in [3.05, 3.63) is 22.8 Å². The molecule has 88 valence electrons. The third-order valence-electron chi connectivity index (χ3n) is 2.38. The molecule has 16 heavy (non-hydrogen) atoms. The van der Waals surface area contributed by atoms with Crippen LogP contribution in [0.25, 0.3) is 0 Å². The predicted molar refractivity (Wildman–Crippen MR) is 70.4 cm³/mol. The van der Waals surface area contributed by atoms with Crippen molar-refractivity contribution in [2.45, 2.75) is 31.0 Å². The van der Waals surface area contributed by atoms with Gasteiger partial charge in [-0.1, -0.05) is 32.4 Å². The van der Waals surface area contributed by atoms with E-state index in [9.17, 15) is 0 Å². The SMILES string of the molecule is CC(C)C(C)Sc1nccc(C(=N)N)c1Cl. The summed E-state index contributed by atoms with van der Waals surface area (Å²) in [5.74, 6) is 0.523. The number of hydrogen-bond acceptors (Lipinski definition) is 3. The second kappa shape index (κ2) is 5.55. The molecule has 0 aliphatic carbocycles. The average Bonchev–Trinajstić information content (AvgIpc) is 2.20. The molecular weight excluding hydrogens is 242 g/mol. The summed E-state index contributed by atoms with van der Waals surface area (Å²) in [4.78, 5) is 4.22. The van der Waals surface area contributed by atoms with E-state index in [1.54, 1.807) is 24.0 Å². The summed E-state index contributed by atoms with van der Waals surface area (Å²) < 4.78 is 0. The Balaban J connectivity index is 2.98. The minimum Gasteiger partial charge on any atom is -0.384 e. The van der Waals surface area contributed by atoms with Gasteiger partial charge in [-0.2, -0.15) is 0 Å². The topological polar surface area (TPSA) is 62.8 Å². The molecule has 0 spiro atoms. The molecule has 0 amide bonds. The van der Waals surface area contributed by atoms with Gasteiger partial charge in [0.05, 0.1) is 5.02 Å². The van der Waals surface area contributed by atoms with E-state index in [0.717, 1.165) is 5.03 Å². The quantitative estimate of drug-likeness (QED) is 0.495. The van der Waals surface area contributed by atoms with Crippen LogP contribution < -0.4 is 5.73 Å². The van der Waals surface area contributed by atoms with Crippen LogP contribution in [-0.4, -0.2) is 16.1 Å². The highest BCUT2D eigenvalue weighted by molar-refractivity contribution is 8.00. The number of nitrogens with zero attached hydrogens (tertiary/aromatic N) is 1. The fourth-order valence-electron chi connectivity index (χ4n) is 1.03. The monoisotopic (exact) mass is 257 g/mol. The highest BCUT2D eigenvalue weighted by Gasteiger charge is 2.15. The third kappa shape index (κ3) is 3.12. The highest BCUT2D eigenvalue weighted by Crippen LogP contribution is 2.32. The molecule has 0 aromatic carbocycles. The van der Waals surface area contributed by atoms with E-state index in [4.69, 9.17) is 22.7 Å². The highest BCUT2D eigenvalue weighted by atomic mass is 35.5. The summed E-state index contributed by atoms with van der Waals surface area (Å²) in [6, 6.07) is 1.66. The van der Waals surface area contributed by atoms with Crippen molar-refractivity contribution in [3.63, 3.8) is 0 Å². The van der Waals surface area contributed by atoms with Crippen molar-refractivity contribution in [1.82, 2.24) is 4.98 Å². The minimum absolute atomic E-state index is 0.0218. The molecule has 0 aliphatic rings. The molecule has 1 aromatic heterocycles. The van der Waals surface area contributed by atoms with Crippen LogP contribution >= 0.6 is 23.4 Å². The lowest BCUT2D eigenvalue weighted by molar-refractivity contribution is 0.641. The van der Waals surface area contributed by atoms with E-state index < -0.39 is 0 Å². The smallest absolute Gasteiger partial charge is 0.124 e. The maximum Gasteiger partial charge on any atom is 0.124 e. The molecular formula is C11H16ClN3S. The number of amidine groups is 1. The van der Waals surface area contributed by atoms with Gasteiger partial charge in [-0.05, 0) is 12.0 Å². The van der Waals surface area contributed by atoms with Crippen LogP contribution in [0.5, 0.6) is 0 Å². The van der Waals surface area contributed by atoms with Crippen LogP contribution in [0.15, 0.2) is 17.3 Å². The summed E-state index contributed by atoms with van der Waals surface area (Å²) >= 11 is 7.76. The molecule has 0 aliphatic heterocycles. The zero-order valence-electron chi connectivity index (χ0n) is 9.62. The van der Waals surface area contributed by atoms with Gasteiger partial charge >= 0.3 is 0 Å². The van der Waals surface area contributed by atoms with Crippen molar-refractivity contribution in [1.29, 1.82) is 5.41 Å². The van der Waals surface area contributed by atoms with Gasteiger partial charge in [0, 0.05) is 17.0 Å². The van der Waals surface area contributed by atoms with Crippen molar-refractivity contribution >= 4 is 29.2 Å². The van der Waals surface area contributed by atoms with Crippen molar-refractivity contribution < 1.29 is 0 Å². The first-order valence-corrected chi connectivity index (χ1v) is 6.34. The minimum atomic E-state index is -0.0218. The summed E-state index contributed by atoms with van der Waals surface area (Å²) in [5.41, 5.74) is 5.99. The van der Waals surface area contributed by atoms with Gasteiger partial charge in [0.2, 0.25) is 0 Å². The normalized spacial score (nSPS) is 12.8. The van der Waals surface area contributed by atoms with Gasteiger partial charge < -0.3 is 5.73 Å². The van der Waals surface area contributed by atoms with Crippen LogP contribution in [0, 0.1) is 11.3 Å². The van der Waals surface area contributed by atoms with Gasteiger partial charge in [-0.15, -0.1) is 11.8 Å². The number of nitrogen functional groups attached to an aromatic ring is 1. The van der Waals surface area contributed by atoms with Gasteiger partial charge in [0.25, 0.3) is 0 Å². The van der Waals surface area contributed by atoms with Gasteiger partial charge in [0.15, 0.2) is 0 Å². The number of hydrogen-bond donors (Lipinski definition) is 2. The van der Waals surface area contributed by atoms with E-state index in [0.29, 0.717) is 21.8 Å². The summed E-state index contributed by atoms with van der Waals surface area (Å²) in [6.07, 6.45) is 1.64. The molecule has 0 saturated heterocycles. The van der Waals surface area contributed by atoms with Crippen LogP contribution in [0.2, 0.25) is 5.02 Å². The maximum atomic E-state index is 7.40. The molecule has 0 radical (unpaired) electrons. The number of pyridine rings is 1. The summed E-state index contributed by atoms with van der Waals surface area (Å²) in [7, 11) is 0. The first-order valence-electron chi connectivity index (χ1n) is 5.09. The van der Waals surface area contributed by atoms with E-state index in [-0.39, 0.29) is 5.84 Å². The predicted octanol–water partition coefficient (Wildman–Crippen LogP) is 3.16. The van der Waals surface area contributed by atoms with Crippen molar-refractivity contribution in [3.8, 4) is 0 Å². The van der Waals surface area contributed by atoms with Crippen LogP contribution in [-0.2, 0) is 0 Å². The van der Waals surface area contributed by atoms with E-state index in [1.807, 2.05) is 0 Å². The Kier molecular flexibility index (Phi) is 4.62. The molecule has 3 N–H and O–H groups in total. The summed E-state index contributed by atoms with van der Waals surface area (Å²) in [5, 5.41) is 9.04. The third-order valence-corrected chi connectivity index (χ3v) is 4.33. The Morgan fingerprint density at radius 2 is 2.12 bits per heavy atom. The standard InChI is InChI=1S/C11H16ClN3S/c1-6(2)7(3)16-11-9(12)8(10(13)14)4-5-15-11/h4-7H,1-3H3,(H3,13,14). The molecule has 1 heterocycles. The number of nitrogens with one attached hydrogen (secondary N) is 1. The van der Waals surface area contributed by atoms with E-state index in [1.165, 1.54) is 0 Å². The lowest BCUT2D eigenvalue weighted by atomic mass is 10.2. The lowest BCUT2D eigenvalue weighted by Gasteiger charge is -2.15. The molecule has 1 unspecified atom stereocenters. The molecule has 0 bridgehead atoms. The number of nitrogens with two attached hydrogens (primary N) is 1. The van der Waals surface area contributed by atoms with E-state index >= 15 is 0 Å². The average molecular weight is 258 g/mol. The number of halogens is 1. The Labute approximate surface area is 105 Å². The molecule has 1 atom stereocenters. The molecule has 1 aromatic rings. The van der Waals surface area contributed by atoms with Crippen LogP contribution in [0.4, 0.5) is 0 Å². The second-order valence-electron chi connectivity index (χ2n) is 3.96. The lowest BCUT2D eigenvalue weighted by Crippen LogP contribution is -2.13. The van der Waals surface area contributed by atoms with E-state index in [2.05, 4.69) is 25.8 Å². The maximum absolute atomic E-state index is 7.40. The molecule has 0 saturated carbocycles. The molecule has 1 rings (SSSR count).